The maximum atomic E-state index is 13.1. The fourth-order valence-corrected chi connectivity index (χ4v) is 4.19. The van der Waals surface area contributed by atoms with Gasteiger partial charge in [-0.05, 0) is 37.1 Å². The van der Waals surface area contributed by atoms with E-state index in [9.17, 15) is 4.79 Å². The molecular weight excluding hydrogens is 338 g/mol. The van der Waals surface area contributed by atoms with Gasteiger partial charge in [0.05, 0.1) is 18.8 Å². The summed E-state index contributed by atoms with van der Waals surface area (Å²) in [6, 6.07) is 16.3. The largest absolute Gasteiger partial charge is 0.495 e. The fourth-order valence-electron chi connectivity index (χ4n) is 4.19. The highest BCUT2D eigenvalue weighted by Crippen LogP contribution is 2.30. The molecule has 1 fully saturated rings. The number of hydrogen-bond donors (Lipinski definition) is 0. The molecule has 2 heterocycles. The van der Waals surface area contributed by atoms with Crippen molar-refractivity contribution < 1.29 is 9.53 Å². The molecule has 1 amide bonds. The maximum Gasteiger partial charge on any atom is 0.244 e. The molecule has 2 aromatic rings. The standard InChI is InChI=1S/C22H27N3O2/c1-17(22(26)25-12-11-18-7-3-4-8-19(18)25)23-13-15-24(16-14-23)20-9-5-6-10-21(20)27-2/h3-10,17H,11-16H2,1-2H3/t17-/m0/s1. The SMILES string of the molecule is COc1ccccc1N1CCN([C@@H](C)C(=O)N2CCc3ccccc32)CC1. The van der Waals surface area contributed by atoms with E-state index >= 15 is 0 Å². The molecular formula is C22H27N3O2. The lowest BCUT2D eigenvalue weighted by Gasteiger charge is -2.39. The summed E-state index contributed by atoms with van der Waals surface area (Å²) >= 11 is 0. The molecule has 27 heavy (non-hydrogen) atoms. The van der Waals surface area contributed by atoms with Gasteiger partial charge in [0.15, 0.2) is 0 Å². The van der Waals surface area contributed by atoms with E-state index in [4.69, 9.17) is 4.74 Å². The van der Waals surface area contributed by atoms with Crippen molar-refractivity contribution in [3.8, 4) is 5.75 Å². The molecule has 2 aliphatic heterocycles. The lowest BCUT2D eigenvalue weighted by atomic mass is 10.1. The third-order valence-corrected chi connectivity index (χ3v) is 5.80. The predicted octanol–water partition coefficient (Wildman–Crippen LogP) is 2.80. The summed E-state index contributed by atoms with van der Waals surface area (Å²) in [4.78, 5) is 19.7. The van der Waals surface area contributed by atoms with Crippen LogP contribution in [0.5, 0.6) is 5.75 Å². The van der Waals surface area contributed by atoms with Gasteiger partial charge in [-0.25, -0.2) is 0 Å². The summed E-state index contributed by atoms with van der Waals surface area (Å²) in [7, 11) is 1.71. The molecule has 4 rings (SSSR count). The second-order valence-corrected chi connectivity index (χ2v) is 7.24. The quantitative estimate of drug-likeness (QED) is 0.835. The molecule has 0 unspecified atom stereocenters. The van der Waals surface area contributed by atoms with E-state index in [1.807, 2.05) is 42.2 Å². The third kappa shape index (κ3) is 3.39. The number of ether oxygens (including phenoxy) is 1. The first kappa shape index (κ1) is 17.9. The normalized spacial score (nSPS) is 18.3. The number of piperazine rings is 1. The van der Waals surface area contributed by atoms with Crippen molar-refractivity contribution >= 4 is 17.3 Å². The fraction of sp³-hybridized carbons (Fsp3) is 0.409. The number of carbonyl (C=O) groups is 1. The second kappa shape index (κ2) is 7.61. The number of methoxy groups -OCH3 is 1. The minimum Gasteiger partial charge on any atom is -0.495 e. The molecule has 1 saturated heterocycles. The first-order chi connectivity index (χ1) is 13.2. The molecule has 1 atom stereocenters. The van der Waals surface area contributed by atoms with Gasteiger partial charge in [-0.15, -0.1) is 0 Å². The van der Waals surface area contributed by atoms with Crippen molar-refractivity contribution in [1.29, 1.82) is 0 Å². The van der Waals surface area contributed by atoms with Crippen molar-refractivity contribution in [2.24, 2.45) is 0 Å². The highest BCUT2D eigenvalue weighted by molar-refractivity contribution is 5.98. The molecule has 0 aromatic heterocycles. The first-order valence-electron chi connectivity index (χ1n) is 9.70. The zero-order chi connectivity index (χ0) is 18.8. The van der Waals surface area contributed by atoms with Crippen LogP contribution in [0.25, 0.3) is 0 Å². The van der Waals surface area contributed by atoms with Crippen molar-refractivity contribution in [3.05, 3.63) is 54.1 Å². The Kier molecular flexibility index (Phi) is 5.03. The Labute approximate surface area is 161 Å². The van der Waals surface area contributed by atoms with Gasteiger partial charge < -0.3 is 14.5 Å². The second-order valence-electron chi connectivity index (χ2n) is 7.24. The number of nitrogens with zero attached hydrogens (tertiary/aromatic N) is 3. The maximum absolute atomic E-state index is 13.1. The smallest absolute Gasteiger partial charge is 0.244 e. The van der Waals surface area contributed by atoms with Crippen LogP contribution in [0.3, 0.4) is 0 Å². The molecule has 0 radical (unpaired) electrons. The topological polar surface area (TPSA) is 36.0 Å². The number of rotatable bonds is 4. The Morgan fingerprint density at radius 1 is 0.926 bits per heavy atom. The highest BCUT2D eigenvalue weighted by Gasteiger charge is 2.32. The lowest BCUT2D eigenvalue weighted by Crippen LogP contribution is -2.54. The van der Waals surface area contributed by atoms with Crippen LogP contribution in [-0.4, -0.2) is 56.7 Å². The minimum absolute atomic E-state index is 0.101. The Hall–Kier alpha value is -2.53. The summed E-state index contributed by atoms with van der Waals surface area (Å²) in [6.45, 7) is 6.38. The Morgan fingerprint density at radius 2 is 1.59 bits per heavy atom. The summed E-state index contributed by atoms with van der Waals surface area (Å²) < 4.78 is 5.50. The zero-order valence-corrected chi connectivity index (χ0v) is 16.1. The number of fused-ring (bicyclic) bond motifs is 1. The van der Waals surface area contributed by atoms with E-state index in [-0.39, 0.29) is 11.9 Å². The van der Waals surface area contributed by atoms with Crippen molar-refractivity contribution in [2.45, 2.75) is 19.4 Å². The number of hydrogen-bond acceptors (Lipinski definition) is 4. The number of benzene rings is 2. The van der Waals surface area contributed by atoms with Crippen LogP contribution in [0, 0.1) is 0 Å². The first-order valence-corrected chi connectivity index (χ1v) is 9.70. The third-order valence-electron chi connectivity index (χ3n) is 5.80. The van der Waals surface area contributed by atoms with Gasteiger partial charge in [-0.1, -0.05) is 30.3 Å². The van der Waals surface area contributed by atoms with Gasteiger partial charge in [-0.2, -0.15) is 0 Å². The van der Waals surface area contributed by atoms with Crippen molar-refractivity contribution in [1.82, 2.24) is 4.90 Å². The Morgan fingerprint density at radius 3 is 2.33 bits per heavy atom. The van der Waals surface area contributed by atoms with E-state index in [0.29, 0.717) is 0 Å². The molecule has 0 spiro atoms. The van der Waals surface area contributed by atoms with Gasteiger partial charge in [0, 0.05) is 38.4 Å². The van der Waals surface area contributed by atoms with E-state index in [1.165, 1.54) is 5.56 Å². The van der Waals surface area contributed by atoms with E-state index in [1.54, 1.807) is 7.11 Å². The Bertz CT molecular complexity index is 815. The van der Waals surface area contributed by atoms with Crippen LogP contribution in [-0.2, 0) is 11.2 Å². The van der Waals surface area contributed by atoms with Crippen molar-refractivity contribution in [2.75, 3.05) is 49.6 Å². The minimum atomic E-state index is -0.101. The number of para-hydroxylation sites is 3. The molecule has 0 N–H and O–H groups in total. The van der Waals surface area contributed by atoms with Gasteiger partial charge in [0.25, 0.3) is 0 Å². The number of carbonyl (C=O) groups excluding carboxylic acids is 1. The van der Waals surface area contributed by atoms with Gasteiger partial charge in [0.2, 0.25) is 5.91 Å². The molecule has 2 aromatic carbocycles. The monoisotopic (exact) mass is 365 g/mol. The molecule has 0 bridgehead atoms. The molecule has 142 valence electrons. The molecule has 5 heteroatoms. The zero-order valence-electron chi connectivity index (χ0n) is 16.1. The van der Waals surface area contributed by atoms with E-state index in [2.05, 4.69) is 28.0 Å². The van der Waals surface area contributed by atoms with Crippen LogP contribution in [0.4, 0.5) is 11.4 Å². The van der Waals surface area contributed by atoms with E-state index < -0.39 is 0 Å². The molecule has 2 aliphatic rings. The molecule has 0 aliphatic carbocycles. The van der Waals surface area contributed by atoms with Crippen LogP contribution in [0.2, 0.25) is 0 Å². The summed E-state index contributed by atoms with van der Waals surface area (Å²) in [5, 5.41) is 0. The highest BCUT2D eigenvalue weighted by atomic mass is 16.5. The van der Waals surface area contributed by atoms with Gasteiger partial charge in [0.1, 0.15) is 5.75 Å². The lowest BCUT2D eigenvalue weighted by molar-refractivity contribution is -0.123. The molecule has 0 saturated carbocycles. The Balaban J connectivity index is 1.40. The summed E-state index contributed by atoms with van der Waals surface area (Å²) in [6.07, 6.45) is 0.955. The van der Waals surface area contributed by atoms with Crippen molar-refractivity contribution in [3.63, 3.8) is 0 Å². The molecule has 5 nitrogen and oxygen atoms in total. The van der Waals surface area contributed by atoms with Gasteiger partial charge in [-0.3, -0.25) is 9.69 Å². The summed E-state index contributed by atoms with van der Waals surface area (Å²) in [5.41, 5.74) is 3.49. The average molecular weight is 365 g/mol. The van der Waals surface area contributed by atoms with E-state index in [0.717, 1.165) is 56.3 Å². The average Bonchev–Trinajstić information content (AvgIpc) is 3.17. The van der Waals surface area contributed by atoms with Crippen LogP contribution in [0.1, 0.15) is 12.5 Å². The van der Waals surface area contributed by atoms with Crippen LogP contribution >= 0.6 is 0 Å². The van der Waals surface area contributed by atoms with Gasteiger partial charge >= 0.3 is 0 Å². The predicted molar refractivity (Wildman–Crippen MR) is 109 cm³/mol. The number of amides is 1. The summed E-state index contributed by atoms with van der Waals surface area (Å²) in [5.74, 6) is 1.12. The van der Waals surface area contributed by atoms with Crippen LogP contribution in [0.15, 0.2) is 48.5 Å². The number of anilines is 2. The van der Waals surface area contributed by atoms with Crippen LogP contribution < -0.4 is 14.5 Å².